The van der Waals surface area contributed by atoms with Crippen LogP contribution in [0.5, 0.6) is 0 Å². The van der Waals surface area contributed by atoms with E-state index in [0.29, 0.717) is 0 Å². The van der Waals surface area contributed by atoms with Crippen molar-refractivity contribution in [2.24, 2.45) is 0 Å². The molecule has 0 aromatic carbocycles. The van der Waals surface area contributed by atoms with Crippen LogP contribution in [0.3, 0.4) is 0 Å². The zero-order valence-electron chi connectivity index (χ0n) is 12.1. The van der Waals surface area contributed by atoms with Gasteiger partial charge in [0.05, 0.1) is 5.60 Å². The third kappa shape index (κ3) is 14.3. The summed E-state index contributed by atoms with van der Waals surface area (Å²) in [5, 5.41) is 12.0. The Morgan fingerprint density at radius 2 is 1.68 bits per heavy atom. The molecule has 0 rings (SSSR count). The van der Waals surface area contributed by atoms with Crippen LogP contribution in [0, 0.1) is 0 Å². The molecule has 1 amide bonds. The summed E-state index contributed by atoms with van der Waals surface area (Å²) in [5.74, 6) is -0.210. The molecule has 0 radical (unpaired) electrons. The van der Waals surface area contributed by atoms with Gasteiger partial charge in [0, 0.05) is 12.6 Å². The van der Waals surface area contributed by atoms with Crippen LogP contribution >= 0.6 is 0 Å². The van der Waals surface area contributed by atoms with Gasteiger partial charge in [-0.3, -0.25) is 4.79 Å². The van der Waals surface area contributed by atoms with Crippen molar-refractivity contribution in [1.82, 2.24) is 5.32 Å². The van der Waals surface area contributed by atoms with E-state index < -0.39 is 5.60 Å². The summed E-state index contributed by atoms with van der Waals surface area (Å²) in [7, 11) is 0. The summed E-state index contributed by atoms with van der Waals surface area (Å²) in [4.78, 5) is 11.3. The molecule has 0 aromatic heterocycles. The molecule has 0 aliphatic carbocycles. The maximum absolute atomic E-state index is 11.3. The third-order valence-electron chi connectivity index (χ3n) is 2.09. The minimum atomic E-state index is -0.882. The molecule has 0 saturated heterocycles. The first kappa shape index (κ1) is 17.4. The lowest BCUT2D eigenvalue weighted by Crippen LogP contribution is -2.37. The third-order valence-corrected chi connectivity index (χ3v) is 2.09. The molecule has 0 aliphatic heterocycles. The summed E-state index contributed by atoms with van der Waals surface area (Å²) in [6.07, 6.45) is 17.0. The SMILES string of the molecule is CCCC=CC=CC=C/C=C/C(=O)NCC(C)(C)O. The first-order chi connectivity index (χ1) is 8.95. The zero-order chi connectivity index (χ0) is 14.6. The van der Waals surface area contributed by atoms with Crippen LogP contribution in [0.25, 0.3) is 0 Å². The zero-order valence-corrected chi connectivity index (χ0v) is 12.1. The first-order valence-corrected chi connectivity index (χ1v) is 6.62. The highest BCUT2D eigenvalue weighted by Crippen LogP contribution is 1.96. The Bertz CT molecular complexity index is 357. The van der Waals surface area contributed by atoms with E-state index >= 15 is 0 Å². The van der Waals surface area contributed by atoms with Gasteiger partial charge in [-0.25, -0.2) is 0 Å². The highest BCUT2D eigenvalue weighted by Gasteiger charge is 2.12. The molecule has 3 nitrogen and oxygen atoms in total. The first-order valence-electron chi connectivity index (χ1n) is 6.62. The molecule has 0 aromatic rings. The number of carbonyl (C=O) groups is 1. The molecule has 0 saturated carbocycles. The average molecular weight is 263 g/mol. The fourth-order valence-corrected chi connectivity index (χ4v) is 1.10. The standard InChI is InChI=1S/C16H25NO2/c1-4-5-6-7-8-9-10-11-12-13-15(18)17-14-16(2,3)19/h6-13,19H,4-5,14H2,1-3H3,(H,17,18)/b7-6?,9-8?,11-10?,13-12+. The number of carbonyl (C=O) groups excluding carboxylic acids is 1. The minimum Gasteiger partial charge on any atom is -0.389 e. The number of unbranched alkanes of at least 4 members (excludes halogenated alkanes) is 1. The van der Waals surface area contributed by atoms with Crippen molar-refractivity contribution in [3.8, 4) is 0 Å². The number of hydrogen-bond acceptors (Lipinski definition) is 2. The second-order valence-corrected chi connectivity index (χ2v) is 4.88. The molecule has 0 fully saturated rings. The van der Waals surface area contributed by atoms with E-state index in [-0.39, 0.29) is 12.5 Å². The van der Waals surface area contributed by atoms with Gasteiger partial charge in [-0.2, -0.15) is 0 Å². The molecule has 0 heterocycles. The number of hydrogen-bond donors (Lipinski definition) is 2. The van der Waals surface area contributed by atoms with Gasteiger partial charge in [0.1, 0.15) is 0 Å². The Kier molecular flexibility index (Phi) is 9.45. The Balaban J connectivity index is 3.86. The van der Waals surface area contributed by atoms with E-state index in [9.17, 15) is 9.90 Å². The van der Waals surface area contributed by atoms with Gasteiger partial charge in [0.2, 0.25) is 5.91 Å². The lowest BCUT2D eigenvalue weighted by molar-refractivity contribution is -0.117. The Hall–Kier alpha value is -1.61. The summed E-state index contributed by atoms with van der Waals surface area (Å²) >= 11 is 0. The highest BCUT2D eigenvalue weighted by atomic mass is 16.3. The van der Waals surface area contributed by atoms with Crippen LogP contribution in [0.2, 0.25) is 0 Å². The van der Waals surface area contributed by atoms with Gasteiger partial charge in [0.25, 0.3) is 0 Å². The fraction of sp³-hybridized carbons (Fsp3) is 0.438. The van der Waals surface area contributed by atoms with Crippen LogP contribution in [0.1, 0.15) is 33.6 Å². The summed E-state index contributed by atoms with van der Waals surface area (Å²) < 4.78 is 0. The predicted molar refractivity (Wildman–Crippen MR) is 80.8 cm³/mol. The molecule has 2 N–H and O–H groups in total. The largest absolute Gasteiger partial charge is 0.389 e. The van der Waals surface area contributed by atoms with E-state index in [1.807, 2.05) is 24.3 Å². The lowest BCUT2D eigenvalue weighted by Gasteiger charge is -2.16. The molecule has 106 valence electrons. The maximum Gasteiger partial charge on any atom is 0.244 e. The Morgan fingerprint density at radius 3 is 2.26 bits per heavy atom. The van der Waals surface area contributed by atoms with Crippen molar-refractivity contribution in [2.75, 3.05) is 6.54 Å². The topological polar surface area (TPSA) is 49.3 Å². The van der Waals surface area contributed by atoms with Crippen molar-refractivity contribution in [1.29, 1.82) is 0 Å². The number of aliphatic hydroxyl groups is 1. The van der Waals surface area contributed by atoms with E-state index in [2.05, 4.69) is 18.3 Å². The van der Waals surface area contributed by atoms with Gasteiger partial charge >= 0.3 is 0 Å². The number of rotatable bonds is 8. The van der Waals surface area contributed by atoms with Crippen LogP contribution in [-0.4, -0.2) is 23.2 Å². The average Bonchev–Trinajstić information content (AvgIpc) is 2.33. The molecule has 0 aliphatic rings. The van der Waals surface area contributed by atoms with E-state index in [4.69, 9.17) is 0 Å². The van der Waals surface area contributed by atoms with Crippen molar-refractivity contribution < 1.29 is 9.90 Å². The van der Waals surface area contributed by atoms with Crippen molar-refractivity contribution in [3.05, 3.63) is 48.6 Å². The fourth-order valence-electron chi connectivity index (χ4n) is 1.10. The van der Waals surface area contributed by atoms with E-state index in [0.717, 1.165) is 12.8 Å². The molecule has 19 heavy (non-hydrogen) atoms. The second-order valence-electron chi connectivity index (χ2n) is 4.88. The van der Waals surface area contributed by atoms with Crippen LogP contribution < -0.4 is 5.32 Å². The second kappa shape index (κ2) is 10.3. The molecular formula is C16H25NO2. The van der Waals surface area contributed by atoms with E-state index in [1.54, 1.807) is 26.0 Å². The smallest absolute Gasteiger partial charge is 0.244 e. The van der Waals surface area contributed by atoms with Gasteiger partial charge < -0.3 is 10.4 Å². The highest BCUT2D eigenvalue weighted by molar-refractivity contribution is 5.87. The monoisotopic (exact) mass is 263 g/mol. The quantitative estimate of drug-likeness (QED) is 0.522. The number of amides is 1. The molecule has 0 atom stereocenters. The predicted octanol–water partition coefficient (Wildman–Crippen LogP) is 2.90. The summed E-state index contributed by atoms with van der Waals surface area (Å²) in [6, 6.07) is 0. The Labute approximate surface area is 116 Å². The lowest BCUT2D eigenvalue weighted by atomic mass is 10.1. The normalized spacial score (nSPS) is 13.3. The number of nitrogens with one attached hydrogen (secondary N) is 1. The molecular weight excluding hydrogens is 238 g/mol. The number of allylic oxidation sites excluding steroid dienone is 7. The van der Waals surface area contributed by atoms with Crippen molar-refractivity contribution >= 4 is 5.91 Å². The minimum absolute atomic E-state index is 0.210. The van der Waals surface area contributed by atoms with E-state index in [1.165, 1.54) is 6.08 Å². The van der Waals surface area contributed by atoms with Crippen molar-refractivity contribution in [2.45, 2.75) is 39.2 Å². The molecule has 0 unspecified atom stereocenters. The maximum atomic E-state index is 11.3. The van der Waals surface area contributed by atoms with Crippen LogP contribution in [0.4, 0.5) is 0 Å². The van der Waals surface area contributed by atoms with Crippen LogP contribution in [-0.2, 0) is 4.79 Å². The van der Waals surface area contributed by atoms with Gasteiger partial charge in [-0.15, -0.1) is 0 Å². The van der Waals surface area contributed by atoms with Gasteiger partial charge in [0.15, 0.2) is 0 Å². The van der Waals surface area contributed by atoms with Gasteiger partial charge in [-0.1, -0.05) is 55.9 Å². The van der Waals surface area contributed by atoms with Gasteiger partial charge in [-0.05, 0) is 20.3 Å². The molecule has 0 bridgehead atoms. The molecule has 0 spiro atoms. The van der Waals surface area contributed by atoms with Crippen LogP contribution in [0.15, 0.2) is 48.6 Å². The molecule has 3 heteroatoms. The summed E-state index contributed by atoms with van der Waals surface area (Å²) in [6.45, 7) is 5.67. The Morgan fingerprint density at radius 1 is 1.11 bits per heavy atom. The summed E-state index contributed by atoms with van der Waals surface area (Å²) in [5.41, 5.74) is -0.882. The van der Waals surface area contributed by atoms with Crippen molar-refractivity contribution in [3.63, 3.8) is 0 Å².